The first-order valence-electron chi connectivity index (χ1n) is 4.28. The smallest absolute Gasteiger partial charge is 0.0830 e. The van der Waals surface area contributed by atoms with Crippen molar-refractivity contribution < 1.29 is 9.47 Å². The third-order valence-corrected chi connectivity index (χ3v) is 1.71. The maximum absolute atomic E-state index is 5.33. The van der Waals surface area contributed by atoms with Crippen molar-refractivity contribution in [2.75, 3.05) is 19.8 Å². The van der Waals surface area contributed by atoms with Crippen LogP contribution in [0.3, 0.4) is 0 Å². The Morgan fingerprint density at radius 2 is 2.36 bits per heavy atom. The van der Waals surface area contributed by atoms with Gasteiger partial charge in [-0.15, -0.1) is 0 Å². The van der Waals surface area contributed by atoms with Crippen molar-refractivity contribution in [1.29, 1.82) is 0 Å². The molecule has 2 heteroatoms. The van der Waals surface area contributed by atoms with Gasteiger partial charge >= 0.3 is 0 Å². The lowest BCUT2D eigenvalue weighted by Crippen LogP contribution is -2.31. The van der Waals surface area contributed by atoms with E-state index >= 15 is 0 Å². The lowest BCUT2D eigenvalue weighted by molar-refractivity contribution is -0.0902. The van der Waals surface area contributed by atoms with Crippen LogP contribution < -0.4 is 0 Å². The lowest BCUT2D eigenvalue weighted by atomic mass is 10.2. The molecule has 0 amide bonds. The van der Waals surface area contributed by atoms with Crippen molar-refractivity contribution >= 4 is 0 Å². The Kier molecular flexibility index (Phi) is 4.24. The quantitative estimate of drug-likeness (QED) is 0.446. The molecule has 0 N–H and O–H groups in total. The molecule has 1 heterocycles. The van der Waals surface area contributed by atoms with Crippen LogP contribution in [0.15, 0.2) is 12.2 Å². The Balaban J connectivity index is 1.83. The van der Waals surface area contributed by atoms with Crippen LogP contribution in [0.5, 0.6) is 0 Å². The summed E-state index contributed by atoms with van der Waals surface area (Å²) in [5.41, 5.74) is 0. The molecular formula is C9H16O2. The number of hydrogen-bond donors (Lipinski definition) is 0. The Morgan fingerprint density at radius 3 is 2.91 bits per heavy atom. The van der Waals surface area contributed by atoms with E-state index in [9.17, 15) is 0 Å². The molecule has 1 aliphatic rings. The summed E-state index contributed by atoms with van der Waals surface area (Å²) in [5, 5.41) is 0. The van der Waals surface area contributed by atoms with E-state index in [2.05, 4.69) is 19.1 Å². The maximum atomic E-state index is 5.33. The molecule has 0 aromatic carbocycles. The minimum atomic E-state index is 0.380. The molecule has 1 rings (SSSR count). The van der Waals surface area contributed by atoms with E-state index in [4.69, 9.17) is 9.47 Å². The van der Waals surface area contributed by atoms with Gasteiger partial charge < -0.3 is 9.47 Å². The van der Waals surface area contributed by atoms with Gasteiger partial charge in [0.2, 0.25) is 0 Å². The van der Waals surface area contributed by atoms with Gasteiger partial charge in [0.25, 0.3) is 0 Å². The Morgan fingerprint density at radius 1 is 1.55 bits per heavy atom. The largest absolute Gasteiger partial charge is 0.376 e. The van der Waals surface area contributed by atoms with Crippen LogP contribution >= 0.6 is 0 Å². The van der Waals surface area contributed by atoms with Gasteiger partial charge in [-0.25, -0.2) is 0 Å². The van der Waals surface area contributed by atoms with Crippen LogP contribution in [0.1, 0.15) is 19.8 Å². The number of ether oxygens (including phenoxy) is 2. The third-order valence-electron chi connectivity index (χ3n) is 1.71. The molecule has 1 unspecified atom stereocenters. The molecule has 0 radical (unpaired) electrons. The van der Waals surface area contributed by atoms with Gasteiger partial charge in [0, 0.05) is 6.61 Å². The Hall–Kier alpha value is -0.340. The predicted octanol–water partition coefficient (Wildman–Crippen LogP) is 1.76. The van der Waals surface area contributed by atoms with E-state index < -0.39 is 0 Å². The highest BCUT2D eigenvalue weighted by Gasteiger charge is 2.17. The summed E-state index contributed by atoms with van der Waals surface area (Å²) in [5.74, 6) is 0. The van der Waals surface area contributed by atoms with Crippen molar-refractivity contribution in [2.24, 2.45) is 0 Å². The molecule has 11 heavy (non-hydrogen) atoms. The molecule has 0 bridgehead atoms. The van der Waals surface area contributed by atoms with E-state index in [-0.39, 0.29) is 0 Å². The molecule has 0 spiro atoms. The molecule has 2 nitrogen and oxygen atoms in total. The summed E-state index contributed by atoms with van der Waals surface area (Å²) in [6.07, 6.45) is 6.80. The predicted molar refractivity (Wildman–Crippen MR) is 44.6 cm³/mol. The van der Waals surface area contributed by atoms with Gasteiger partial charge in [-0.3, -0.25) is 0 Å². The fraction of sp³-hybridized carbons (Fsp3) is 0.778. The minimum absolute atomic E-state index is 0.380. The van der Waals surface area contributed by atoms with Crippen LogP contribution in [0.4, 0.5) is 0 Å². The van der Waals surface area contributed by atoms with Crippen molar-refractivity contribution in [2.45, 2.75) is 25.9 Å². The number of allylic oxidation sites excluding steroid dienone is 1. The summed E-state index contributed by atoms with van der Waals surface area (Å²) in [4.78, 5) is 0. The highest BCUT2D eigenvalue weighted by molar-refractivity contribution is 4.79. The molecular weight excluding hydrogens is 140 g/mol. The van der Waals surface area contributed by atoms with Crippen molar-refractivity contribution in [3.05, 3.63) is 12.2 Å². The van der Waals surface area contributed by atoms with Gasteiger partial charge in [0.1, 0.15) is 0 Å². The summed E-state index contributed by atoms with van der Waals surface area (Å²) >= 11 is 0. The molecule has 1 atom stereocenters. The van der Waals surface area contributed by atoms with E-state index in [0.29, 0.717) is 6.10 Å². The first kappa shape index (κ1) is 8.75. The highest BCUT2D eigenvalue weighted by atomic mass is 16.5. The monoisotopic (exact) mass is 156 g/mol. The fourth-order valence-corrected chi connectivity index (χ4v) is 0.918. The first-order chi connectivity index (χ1) is 5.43. The van der Waals surface area contributed by atoms with Gasteiger partial charge in [0.05, 0.1) is 19.3 Å². The van der Waals surface area contributed by atoms with E-state index in [0.717, 1.165) is 32.7 Å². The summed E-state index contributed by atoms with van der Waals surface area (Å²) in [6, 6.07) is 0. The van der Waals surface area contributed by atoms with Crippen molar-refractivity contribution in [1.82, 2.24) is 0 Å². The van der Waals surface area contributed by atoms with Crippen LogP contribution in [0.25, 0.3) is 0 Å². The van der Waals surface area contributed by atoms with Crippen LogP contribution in [0, 0.1) is 0 Å². The first-order valence-corrected chi connectivity index (χ1v) is 4.28. The van der Waals surface area contributed by atoms with Gasteiger partial charge in [-0.05, 0) is 12.8 Å². The second kappa shape index (κ2) is 5.33. The van der Waals surface area contributed by atoms with Crippen LogP contribution in [-0.4, -0.2) is 25.9 Å². The zero-order valence-corrected chi connectivity index (χ0v) is 7.08. The van der Waals surface area contributed by atoms with Gasteiger partial charge in [0.15, 0.2) is 0 Å². The zero-order chi connectivity index (χ0) is 7.94. The number of hydrogen-bond acceptors (Lipinski definition) is 2. The van der Waals surface area contributed by atoms with Gasteiger partial charge in [-0.1, -0.05) is 19.1 Å². The number of rotatable bonds is 5. The maximum Gasteiger partial charge on any atom is 0.0830 e. The van der Waals surface area contributed by atoms with E-state index in [1.54, 1.807) is 0 Å². The van der Waals surface area contributed by atoms with Crippen LogP contribution in [-0.2, 0) is 9.47 Å². The molecule has 1 aliphatic heterocycles. The fourth-order valence-electron chi connectivity index (χ4n) is 0.918. The van der Waals surface area contributed by atoms with Crippen molar-refractivity contribution in [3.63, 3.8) is 0 Å². The normalized spacial score (nSPS) is 23.9. The molecule has 0 aromatic heterocycles. The Bertz CT molecular complexity index is 117. The topological polar surface area (TPSA) is 18.5 Å². The summed E-state index contributed by atoms with van der Waals surface area (Å²) < 4.78 is 10.5. The molecule has 1 fully saturated rings. The SMILES string of the molecule is CCC=CCOCC1CCO1. The standard InChI is InChI=1S/C9H16O2/c1-2-3-4-6-10-8-9-5-7-11-9/h3-4,9H,2,5-8H2,1H3. The zero-order valence-electron chi connectivity index (χ0n) is 7.08. The molecule has 64 valence electrons. The second-order valence-electron chi connectivity index (χ2n) is 2.70. The summed E-state index contributed by atoms with van der Waals surface area (Å²) in [6.45, 7) is 4.52. The second-order valence-corrected chi connectivity index (χ2v) is 2.70. The third kappa shape index (κ3) is 3.54. The molecule has 0 aliphatic carbocycles. The lowest BCUT2D eigenvalue weighted by Gasteiger charge is -2.25. The average Bonchev–Trinajstić information content (AvgIpc) is 1.93. The molecule has 0 aromatic rings. The molecule has 1 saturated heterocycles. The molecule has 0 saturated carbocycles. The van der Waals surface area contributed by atoms with Crippen LogP contribution in [0.2, 0.25) is 0 Å². The average molecular weight is 156 g/mol. The summed E-state index contributed by atoms with van der Waals surface area (Å²) in [7, 11) is 0. The van der Waals surface area contributed by atoms with Gasteiger partial charge in [-0.2, -0.15) is 0 Å². The highest BCUT2D eigenvalue weighted by Crippen LogP contribution is 2.10. The minimum Gasteiger partial charge on any atom is -0.376 e. The van der Waals surface area contributed by atoms with E-state index in [1.807, 2.05) is 0 Å². The van der Waals surface area contributed by atoms with E-state index in [1.165, 1.54) is 0 Å². The van der Waals surface area contributed by atoms with Crippen molar-refractivity contribution in [3.8, 4) is 0 Å². The Labute approximate surface area is 68.2 Å².